The number of nitrogens with one attached hydrogen (secondary N) is 1. The highest BCUT2D eigenvalue weighted by molar-refractivity contribution is 5.79. The van der Waals surface area contributed by atoms with Crippen LogP contribution in [0.2, 0.25) is 0 Å². The van der Waals surface area contributed by atoms with Crippen molar-refractivity contribution in [3.63, 3.8) is 0 Å². The van der Waals surface area contributed by atoms with Gasteiger partial charge in [-0.3, -0.25) is 9.59 Å². The summed E-state index contributed by atoms with van der Waals surface area (Å²) in [4.78, 5) is 23.4. The summed E-state index contributed by atoms with van der Waals surface area (Å²) in [5.41, 5.74) is 3.44. The number of rotatable bonds is 14. The minimum absolute atomic E-state index is 0.0322. The van der Waals surface area contributed by atoms with Gasteiger partial charge in [0.25, 0.3) is 0 Å². The second-order valence-electron chi connectivity index (χ2n) is 7.82. The molecule has 0 radical (unpaired) electrons. The molecule has 166 valence electrons. The zero-order valence-corrected chi connectivity index (χ0v) is 18.0. The van der Waals surface area contributed by atoms with Gasteiger partial charge in [-0.25, -0.2) is 0 Å². The van der Waals surface area contributed by atoms with Crippen molar-refractivity contribution in [2.75, 3.05) is 0 Å². The van der Waals surface area contributed by atoms with E-state index < -0.39 is 5.97 Å². The SMILES string of the molecule is NN=Cc1ccc(CCCCC(=O)NC(CCCCc2ccccc2)CC(=O)O)cc1. The van der Waals surface area contributed by atoms with Gasteiger partial charge < -0.3 is 16.3 Å². The van der Waals surface area contributed by atoms with E-state index in [4.69, 9.17) is 10.9 Å². The van der Waals surface area contributed by atoms with Crippen LogP contribution in [0.3, 0.4) is 0 Å². The molecular weight excluding hydrogens is 390 g/mol. The maximum Gasteiger partial charge on any atom is 0.305 e. The van der Waals surface area contributed by atoms with E-state index in [9.17, 15) is 9.59 Å². The zero-order chi connectivity index (χ0) is 22.3. The normalized spacial score (nSPS) is 12.0. The van der Waals surface area contributed by atoms with Crippen molar-refractivity contribution in [1.29, 1.82) is 0 Å². The van der Waals surface area contributed by atoms with Crippen molar-refractivity contribution in [2.45, 2.75) is 63.8 Å². The van der Waals surface area contributed by atoms with Gasteiger partial charge in [0, 0.05) is 12.5 Å². The van der Waals surface area contributed by atoms with Gasteiger partial charge in [0.1, 0.15) is 0 Å². The number of hydrogen-bond acceptors (Lipinski definition) is 4. The van der Waals surface area contributed by atoms with E-state index in [2.05, 4.69) is 22.6 Å². The average Bonchev–Trinajstić information content (AvgIpc) is 2.76. The van der Waals surface area contributed by atoms with E-state index in [1.54, 1.807) is 6.21 Å². The number of aliphatic carboxylic acids is 1. The molecular formula is C25H33N3O3. The third kappa shape index (κ3) is 10.4. The number of unbranched alkanes of at least 4 members (excludes halogenated alkanes) is 2. The van der Waals surface area contributed by atoms with Crippen molar-refractivity contribution < 1.29 is 14.7 Å². The molecule has 0 aliphatic rings. The molecule has 0 aromatic heterocycles. The molecule has 0 fully saturated rings. The average molecular weight is 424 g/mol. The van der Waals surface area contributed by atoms with E-state index >= 15 is 0 Å². The van der Waals surface area contributed by atoms with Gasteiger partial charge in [0.2, 0.25) is 5.91 Å². The minimum Gasteiger partial charge on any atom is -0.481 e. The first-order chi connectivity index (χ1) is 15.1. The van der Waals surface area contributed by atoms with Crippen molar-refractivity contribution >= 4 is 18.1 Å². The standard InChI is InChI=1S/C25H33N3O3/c26-27-19-22-16-14-21(15-17-22)11-5-7-13-24(29)28-23(18-25(30)31)12-6-4-10-20-8-2-1-3-9-20/h1-3,8-9,14-17,19,23H,4-7,10-13,18,26H2,(H,28,29)(H,30,31). The second kappa shape index (κ2) is 14.0. The molecule has 0 saturated carbocycles. The Morgan fingerprint density at radius 2 is 1.58 bits per heavy atom. The van der Waals surface area contributed by atoms with Gasteiger partial charge in [-0.2, -0.15) is 5.10 Å². The van der Waals surface area contributed by atoms with Gasteiger partial charge in [-0.05, 0) is 55.2 Å². The Labute approximate surface area is 184 Å². The van der Waals surface area contributed by atoms with Crippen LogP contribution in [0.1, 0.15) is 61.6 Å². The number of hydrazone groups is 1. The fourth-order valence-corrected chi connectivity index (χ4v) is 3.57. The number of aryl methyl sites for hydroxylation is 2. The zero-order valence-electron chi connectivity index (χ0n) is 18.0. The molecule has 31 heavy (non-hydrogen) atoms. The van der Waals surface area contributed by atoms with Crippen LogP contribution in [-0.4, -0.2) is 29.2 Å². The van der Waals surface area contributed by atoms with Crippen LogP contribution >= 0.6 is 0 Å². The number of carbonyl (C=O) groups is 2. The molecule has 2 aromatic carbocycles. The van der Waals surface area contributed by atoms with Crippen LogP contribution in [-0.2, 0) is 22.4 Å². The van der Waals surface area contributed by atoms with E-state index in [1.807, 2.05) is 42.5 Å². The number of hydrogen-bond donors (Lipinski definition) is 3. The van der Waals surface area contributed by atoms with Gasteiger partial charge in [0.15, 0.2) is 0 Å². The quantitative estimate of drug-likeness (QED) is 0.184. The van der Waals surface area contributed by atoms with Crippen molar-refractivity contribution in [2.24, 2.45) is 10.9 Å². The number of nitrogens with zero attached hydrogens (tertiary/aromatic N) is 1. The molecule has 1 amide bonds. The molecule has 1 atom stereocenters. The van der Waals surface area contributed by atoms with E-state index in [0.29, 0.717) is 12.8 Å². The smallest absolute Gasteiger partial charge is 0.305 e. The molecule has 0 bridgehead atoms. The first-order valence-corrected chi connectivity index (χ1v) is 10.9. The van der Waals surface area contributed by atoms with Crippen LogP contribution in [0.5, 0.6) is 0 Å². The maximum atomic E-state index is 12.3. The molecule has 0 spiro atoms. The molecule has 4 N–H and O–H groups in total. The summed E-state index contributed by atoms with van der Waals surface area (Å²) >= 11 is 0. The lowest BCUT2D eigenvalue weighted by Gasteiger charge is -2.17. The number of amides is 1. The van der Waals surface area contributed by atoms with E-state index in [0.717, 1.165) is 44.1 Å². The highest BCUT2D eigenvalue weighted by Gasteiger charge is 2.15. The molecule has 0 heterocycles. The van der Waals surface area contributed by atoms with E-state index in [1.165, 1.54) is 11.1 Å². The predicted octanol–water partition coefficient (Wildman–Crippen LogP) is 4.06. The highest BCUT2D eigenvalue weighted by atomic mass is 16.4. The number of carbonyl (C=O) groups excluding carboxylic acids is 1. The third-order valence-electron chi connectivity index (χ3n) is 5.22. The molecule has 2 rings (SSSR count). The van der Waals surface area contributed by atoms with Crippen molar-refractivity contribution in [1.82, 2.24) is 5.32 Å². The van der Waals surface area contributed by atoms with Crippen LogP contribution in [0.15, 0.2) is 59.7 Å². The molecule has 1 unspecified atom stereocenters. The summed E-state index contributed by atoms with van der Waals surface area (Å²) in [6.45, 7) is 0. The molecule has 0 aliphatic heterocycles. The molecule has 2 aromatic rings. The lowest BCUT2D eigenvalue weighted by atomic mass is 10.0. The van der Waals surface area contributed by atoms with Crippen molar-refractivity contribution in [3.8, 4) is 0 Å². The summed E-state index contributed by atoms with van der Waals surface area (Å²) in [5.74, 6) is 4.20. The number of carboxylic acid groups (broad SMARTS) is 1. The Bertz CT molecular complexity index is 820. The predicted molar refractivity (Wildman–Crippen MR) is 124 cm³/mol. The number of benzene rings is 2. The highest BCUT2D eigenvalue weighted by Crippen LogP contribution is 2.11. The number of carboxylic acids is 1. The Balaban J connectivity index is 1.66. The van der Waals surface area contributed by atoms with E-state index in [-0.39, 0.29) is 18.4 Å². The van der Waals surface area contributed by atoms with Gasteiger partial charge in [-0.1, -0.05) is 61.0 Å². The van der Waals surface area contributed by atoms with Gasteiger partial charge >= 0.3 is 5.97 Å². The maximum absolute atomic E-state index is 12.3. The summed E-state index contributed by atoms with van der Waals surface area (Å²) in [6, 6.07) is 17.9. The van der Waals surface area contributed by atoms with Gasteiger partial charge in [-0.15, -0.1) is 0 Å². The van der Waals surface area contributed by atoms with Crippen LogP contribution in [0, 0.1) is 0 Å². The Hall–Kier alpha value is -3.15. The lowest BCUT2D eigenvalue weighted by Crippen LogP contribution is -2.36. The Morgan fingerprint density at radius 3 is 2.23 bits per heavy atom. The van der Waals surface area contributed by atoms with Crippen molar-refractivity contribution in [3.05, 3.63) is 71.3 Å². The summed E-state index contributed by atoms with van der Waals surface area (Å²) in [5, 5.41) is 15.6. The number of nitrogens with two attached hydrogens (primary N) is 1. The first kappa shape index (κ1) is 24.1. The fraction of sp³-hybridized carbons (Fsp3) is 0.400. The second-order valence-corrected chi connectivity index (χ2v) is 7.82. The molecule has 6 heteroatoms. The summed E-state index contributed by atoms with van der Waals surface area (Å²) in [7, 11) is 0. The summed E-state index contributed by atoms with van der Waals surface area (Å²) in [6.07, 6.45) is 8.06. The van der Waals surface area contributed by atoms with Crippen LogP contribution in [0.25, 0.3) is 0 Å². The monoisotopic (exact) mass is 423 g/mol. The first-order valence-electron chi connectivity index (χ1n) is 10.9. The molecule has 0 aliphatic carbocycles. The topological polar surface area (TPSA) is 105 Å². The lowest BCUT2D eigenvalue weighted by molar-refractivity contribution is -0.137. The molecule has 6 nitrogen and oxygen atoms in total. The van der Waals surface area contributed by atoms with Gasteiger partial charge in [0.05, 0.1) is 12.6 Å². The largest absolute Gasteiger partial charge is 0.481 e. The Kier molecular flexibility index (Phi) is 10.9. The minimum atomic E-state index is -0.878. The molecule has 0 saturated heterocycles. The summed E-state index contributed by atoms with van der Waals surface area (Å²) < 4.78 is 0. The fourth-order valence-electron chi connectivity index (χ4n) is 3.57. The van der Waals surface area contributed by atoms with Crippen LogP contribution in [0.4, 0.5) is 0 Å². The van der Waals surface area contributed by atoms with Crippen LogP contribution < -0.4 is 11.2 Å². The third-order valence-corrected chi connectivity index (χ3v) is 5.22. The Morgan fingerprint density at radius 1 is 0.935 bits per heavy atom.